The molecule has 0 aliphatic carbocycles. The van der Waals surface area contributed by atoms with Crippen LogP contribution in [-0.2, 0) is 28.4 Å². The van der Waals surface area contributed by atoms with Gasteiger partial charge in [-0.2, -0.15) is 5.26 Å². The summed E-state index contributed by atoms with van der Waals surface area (Å²) in [5, 5.41) is 9.32. The van der Waals surface area contributed by atoms with E-state index < -0.39 is 9.84 Å². The lowest BCUT2D eigenvalue weighted by molar-refractivity contribution is 0.595. The van der Waals surface area contributed by atoms with Gasteiger partial charge in [-0.25, -0.2) is 13.4 Å². The molecule has 2 rings (SSSR count). The van der Waals surface area contributed by atoms with E-state index in [0.29, 0.717) is 16.3 Å². The zero-order chi connectivity index (χ0) is 14.6. The van der Waals surface area contributed by atoms with Gasteiger partial charge in [0.05, 0.1) is 23.1 Å². The molecule has 20 heavy (non-hydrogen) atoms. The predicted molar refractivity (Wildman–Crippen MR) is 78.1 cm³/mol. The molecule has 0 unspecified atom stereocenters. The Bertz CT molecular complexity index is 728. The third-order valence-electron chi connectivity index (χ3n) is 2.81. The molecule has 0 fully saturated rings. The Labute approximate surface area is 122 Å². The number of nitriles is 1. The van der Waals surface area contributed by atoms with Crippen molar-refractivity contribution in [2.75, 3.05) is 0 Å². The highest BCUT2D eigenvalue weighted by molar-refractivity contribution is 7.90. The Morgan fingerprint density at radius 1 is 1.30 bits per heavy atom. The molecule has 0 spiro atoms. The van der Waals surface area contributed by atoms with Crippen LogP contribution in [0.3, 0.4) is 0 Å². The van der Waals surface area contributed by atoms with Crippen molar-refractivity contribution in [3.8, 4) is 6.07 Å². The van der Waals surface area contributed by atoms with Crippen LogP contribution in [0.25, 0.3) is 0 Å². The molecule has 0 aliphatic rings. The molecule has 1 aromatic carbocycles. The molecule has 104 valence electrons. The minimum Gasteiger partial charge on any atom is -0.245 e. The van der Waals surface area contributed by atoms with Crippen molar-refractivity contribution >= 4 is 21.2 Å². The fraction of sp³-hybridized carbons (Fsp3) is 0.286. The van der Waals surface area contributed by atoms with E-state index in [-0.39, 0.29) is 12.2 Å². The van der Waals surface area contributed by atoms with Gasteiger partial charge in [0.25, 0.3) is 0 Å². The molecule has 0 atom stereocenters. The molecular weight excluding hydrogens is 292 g/mol. The Balaban J connectivity index is 2.29. The topological polar surface area (TPSA) is 70.8 Å². The van der Waals surface area contributed by atoms with Crippen LogP contribution in [-0.4, -0.2) is 13.4 Å². The first-order valence-corrected chi connectivity index (χ1v) is 8.66. The third-order valence-corrected chi connectivity index (χ3v) is 5.74. The number of rotatable bonds is 5. The first-order chi connectivity index (χ1) is 9.56. The van der Waals surface area contributed by atoms with E-state index in [9.17, 15) is 8.42 Å². The number of thiazole rings is 1. The first kappa shape index (κ1) is 14.7. The summed E-state index contributed by atoms with van der Waals surface area (Å²) < 4.78 is 24.5. The van der Waals surface area contributed by atoms with Gasteiger partial charge in [0.15, 0.2) is 9.84 Å². The molecule has 0 saturated carbocycles. The summed E-state index contributed by atoms with van der Waals surface area (Å²) in [5.41, 5.74) is 0.829. The monoisotopic (exact) mass is 306 g/mol. The molecule has 0 saturated heterocycles. The van der Waals surface area contributed by atoms with Gasteiger partial charge in [-0.15, -0.1) is 11.3 Å². The van der Waals surface area contributed by atoms with Crippen molar-refractivity contribution < 1.29 is 8.42 Å². The number of nitrogens with zero attached hydrogens (tertiary/aromatic N) is 2. The van der Waals surface area contributed by atoms with Crippen LogP contribution >= 0.6 is 11.3 Å². The maximum atomic E-state index is 12.3. The number of aryl methyl sites for hydroxylation is 1. The molecule has 0 radical (unpaired) electrons. The van der Waals surface area contributed by atoms with Gasteiger partial charge in [-0.1, -0.05) is 25.1 Å². The zero-order valence-corrected chi connectivity index (χ0v) is 12.7. The number of hydrogen-bond donors (Lipinski definition) is 0. The Kier molecular flexibility index (Phi) is 4.53. The van der Waals surface area contributed by atoms with E-state index in [1.165, 1.54) is 11.3 Å². The summed E-state index contributed by atoms with van der Waals surface area (Å²) in [6, 6.07) is 10.4. The number of hydrogen-bond acceptors (Lipinski definition) is 5. The molecule has 0 bridgehead atoms. The first-order valence-electron chi connectivity index (χ1n) is 6.19. The highest BCUT2D eigenvalue weighted by Crippen LogP contribution is 2.24. The summed E-state index contributed by atoms with van der Waals surface area (Å²) >= 11 is 1.32. The fourth-order valence-electron chi connectivity index (χ4n) is 1.86. The minimum atomic E-state index is -3.37. The molecule has 1 aromatic heterocycles. The Morgan fingerprint density at radius 3 is 2.60 bits per heavy atom. The number of aromatic nitrogens is 1. The van der Waals surface area contributed by atoms with Crippen LogP contribution in [0, 0.1) is 11.3 Å². The summed E-state index contributed by atoms with van der Waals surface area (Å²) in [6.45, 7) is 1.95. The average molecular weight is 306 g/mol. The van der Waals surface area contributed by atoms with Crippen LogP contribution in [0.15, 0.2) is 35.2 Å². The van der Waals surface area contributed by atoms with Crippen molar-refractivity contribution in [3.05, 3.63) is 45.9 Å². The molecule has 2 aromatic rings. The summed E-state index contributed by atoms with van der Waals surface area (Å²) in [5.74, 6) is -0.111. The van der Waals surface area contributed by atoms with E-state index >= 15 is 0 Å². The van der Waals surface area contributed by atoms with Gasteiger partial charge in [-0.3, -0.25) is 0 Å². The van der Waals surface area contributed by atoms with Crippen molar-refractivity contribution in [2.24, 2.45) is 0 Å². The minimum absolute atomic E-state index is 0.111. The second kappa shape index (κ2) is 6.16. The largest absolute Gasteiger partial charge is 0.245 e. The standard InChI is InChI=1S/C14H14N2O2S2/c1-2-12-13(8-9-15)19-14(16-12)10-20(17,18)11-6-4-3-5-7-11/h3-7H,2,8,10H2,1H3. The third kappa shape index (κ3) is 3.24. The van der Waals surface area contributed by atoms with Gasteiger partial charge in [0.1, 0.15) is 10.8 Å². The van der Waals surface area contributed by atoms with Crippen LogP contribution in [0.4, 0.5) is 0 Å². The maximum Gasteiger partial charge on any atom is 0.184 e. The van der Waals surface area contributed by atoms with Gasteiger partial charge < -0.3 is 0 Å². The fourth-order valence-corrected chi connectivity index (χ4v) is 4.57. The van der Waals surface area contributed by atoms with Crippen molar-refractivity contribution in [1.82, 2.24) is 4.98 Å². The van der Waals surface area contributed by atoms with E-state index in [1.54, 1.807) is 30.3 Å². The number of sulfone groups is 1. The second-order valence-corrected chi connectivity index (χ2v) is 7.40. The molecule has 0 amide bonds. The van der Waals surface area contributed by atoms with E-state index in [2.05, 4.69) is 11.1 Å². The van der Waals surface area contributed by atoms with Gasteiger partial charge in [-0.05, 0) is 18.6 Å². The summed E-state index contributed by atoms with van der Waals surface area (Å²) in [6.07, 6.45) is 0.991. The Hall–Kier alpha value is -1.71. The van der Waals surface area contributed by atoms with Gasteiger partial charge in [0.2, 0.25) is 0 Å². The van der Waals surface area contributed by atoms with Crippen molar-refractivity contribution in [3.63, 3.8) is 0 Å². The molecule has 0 N–H and O–H groups in total. The lowest BCUT2D eigenvalue weighted by Crippen LogP contribution is -2.04. The van der Waals surface area contributed by atoms with E-state index in [1.807, 2.05) is 6.92 Å². The molecule has 6 heteroatoms. The van der Waals surface area contributed by atoms with E-state index in [0.717, 1.165) is 10.6 Å². The van der Waals surface area contributed by atoms with E-state index in [4.69, 9.17) is 5.26 Å². The number of benzene rings is 1. The lowest BCUT2D eigenvalue weighted by Gasteiger charge is -2.01. The SMILES string of the molecule is CCc1nc(CS(=O)(=O)c2ccccc2)sc1CC#N. The van der Waals surface area contributed by atoms with Crippen LogP contribution in [0.1, 0.15) is 22.5 Å². The molecule has 0 aliphatic heterocycles. The van der Waals surface area contributed by atoms with Crippen LogP contribution in [0.5, 0.6) is 0 Å². The smallest absolute Gasteiger partial charge is 0.184 e. The second-order valence-electron chi connectivity index (χ2n) is 4.24. The average Bonchev–Trinajstić information content (AvgIpc) is 2.81. The quantitative estimate of drug-likeness (QED) is 0.851. The normalized spacial score (nSPS) is 11.2. The zero-order valence-electron chi connectivity index (χ0n) is 11.0. The van der Waals surface area contributed by atoms with Crippen molar-refractivity contribution in [2.45, 2.75) is 30.4 Å². The van der Waals surface area contributed by atoms with Gasteiger partial charge >= 0.3 is 0 Å². The highest BCUT2D eigenvalue weighted by atomic mass is 32.2. The highest BCUT2D eigenvalue weighted by Gasteiger charge is 2.19. The van der Waals surface area contributed by atoms with Crippen LogP contribution in [0.2, 0.25) is 0 Å². The summed E-state index contributed by atoms with van der Waals surface area (Å²) in [4.78, 5) is 5.52. The lowest BCUT2D eigenvalue weighted by atomic mass is 10.2. The summed E-state index contributed by atoms with van der Waals surface area (Å²) in [7, 11) is -3.37. The predicted octanol–water partition coefficient (Wildman–Crippen LogP) is 2.75. The molecular formula is C14H14N2O2S2. The van der Waals surface area contributed by atoms with Crippen LogP contribution < -0.4 is 0 Å². The maximum absolute atomic E-state index is 12.3. The van der Waals surface area contributed by atoms with Gasteiger partial charge in [0, 0.05) is 4.88 Å². The molecule has 4 nitrogen and oxygen atoms in total. The Morgan fingerprint density at radius 2 is 2.00 bits per heavy atom. The van der Waals surface area contributed by atoms with Crippen molar-refractivity contribution in [1.29, 1.82) is 5.26 Å². The molecule has 1 heterocycles.